The Morgan fingerprint density at radius 1 is 0.698 bits per heavy atom. The van der Waals surface area contributed by atoms with Crippen LogP contribution in [-0.4, -0.2) is 31.8 Å². The van der Waals surface area contributed by atoms with Gasteiger partial charge in [-0.15, -0.1) is 0 Å². The summed E-state index contributed by atoms with van der Waals surface area (Å²) in [5.74, 6) is -4.12. The van der Waals surface area contributed by atoms with Crippen molar-refractivity contribution in [2.45, 2.75) is 13.2 Å². The lowest BCUT2D eigenvalue weighted by Gasteiger charge is -2.21. The number of carbonyl (C=O) groups excluding carboxylic acids is 3. The molecule has 0 aliphatic carbocycles. The quantitative estimate of drug-likeness (QED) is 0.133. The van der Waals surface area contributed by atoms with E-state index in [1.165, 1.54) is 0 Å². The van der Waals surface area contributed by atoms with Crippen molar-refractivity contribution in [3.8, 4) is 0 Å². The SMILES string of the molecule is COC(=O)CN(C(=O)OCc1ccccc1)c1ccc(F)cc1F.O=C(Nc1ccc(F)cc1F)OCc1ccccc1. The van der Waals surface area contributed by atoms with Gasteiger partial charge in [-0.3, -0.25) is 15.0 Å². The Kier molecular flexibility index (Phi) is 12.1. The van der Waals surface area contributed by atoms with Crippen LogP contribution < -0.4 is 10.2 Å². The van der Waals surface area contributed by atoms with Crippen LogP contribution in [0.15, 0.2) is 97.1 Å². The van der Waals surface area contributed by atoms with Crippen molar-refractivity contribution in [1.82, 2.24) is 0 Å². The van der Waals surface area contributed by atoms with E-state index >= 15 is 0 Å². The normalized spacial score (nSPS) is 10.1. The molecule has 4 aromatic carbocycles. The molecule has 0 saturated heterocycles. The van der Waals surface area contributed by atoms with Crippen molar-refractivity contribution in [3.05, 3.63) is 131 Å². The number of anilines is 2. The average Bonchev–Trinajstić information content (AvgIpc) is 3.00. The minimum absolute atomic E-state index is 0.0554. The predicted molar refractivity (Wildman–Crippen MR) is 149 cm³/mol. The van der Waals surface area contributed by atoms with Gasteiger partial charge < -0.3 is 14.2 Å². The second-order valence-corrected chi connectivity index (χ2v) is 8.61. The summed E-state index contributed by atoms with van der Waals surface area (Å²) < 4.78 is 67.4. The van der Waals surface area contributed by atoms with Gasteiger partial charge in [0, 0.05) is 12.1 Å². The molecule has 0 radical (unpaired) electrons. The molecule has 1 N–H and O–H groups in total. The summed E-state index contributed by atoms with van der Waals surface area (Å²) in [6.07, 6.45) is -1.75. The second kappa shape index (κ2) is 16.2. The van der Waals surface area contributed by atoms with Gasteiger partial charge in [0.25, 0.3) is 0 Å². The van der Waals surface area contributed by atoms with E-state index in [1.807, 2.05) is 24.3 Å². The lowest BCUT2D eigenvalue weighted by Crippen LogP contribution is -2.37. The first kappa shape index (κ1) is 32.1. The summed E-state index contributed by atoms with van der Waals surface area (Å²) in [4.78, 5) is 35.9. The molecule has 2 amide bonds. The fourth-order valence-corrected chi connectivity index (χ4v) is 3.40. The molecular formula is C31H26F4N2O6. The van der Waals surface area contributed by atoms with Gasteiger partial charge in [-0.05, 0) is 35.4 Å². The first-order valence-corrected chi connectivity index (χ1v) is 12.6. The van der Waals surface area contributed by atoms with E-state index < -0.39 is 48.0 Å². The van der Waals surface area contributed by atoms with Crippen LogP contribution >= 0.6 is 0 Å². The molecule has 224 valence electrons. The number of ether oxygens (including phenoxy) is 3. The number of benzene rings is 4. The Bertz CT molecular complexity index is 1520. The molecule has 0 spiro atoms. The maximum absolute atomic E-state index is 13.9. The van der Waals surface area contributed by atoms with Gasteiger partial charge in [0.1, 0.15) is 43.0 Å². The van der Waals surface area contributed by atoms with E-state index in [0.717, 1.165) is 47.4 Å². The van der Waals surface area contributed by atoms with Crippen LogP contribution in [0.4, 0.5) is 38.5 Å². The molecule has 0 aliphatic rings. The summed E-state index contributed by atoms with van der Waals surface area (Å²) in [7, 11) is 1.14. The van der Waals surface area contributed by atoms with Crippen LogP contribution in [-0.2, 0) is 32.2 Å². The van der Waals surface area contributed by atoms with Gasteiger partial charge in [0.15, 0.2) is 0 Å². The van der Waals surface area contributed by atoms with Crippen LogP contribution in [0.1, 0.15) is 11.1 Å². The third-order valence-corrected chi connectivity index (χ3v) is 5.52. The monoisotopic (exact) mass is 598 g/mol. The van der Waals surface area contributed by atoms with Crippen molar-refractivity contribution >= 4 is 29.5 Å². The number of esters is 1. The van der Waals surface area contributed by atoms with Gasteiger partial charge in [-0.25, -0.2) is 27.2 Å². The summed E-state index contributed by atoms with van der Waals surface area (Å²) in [6.45, 7) is -0.539. The minimum atomic E-state index is -0.990. The van der Waals surface area contributed by atoms with Crippen molar-refractivity contribution in [2.24, 2.45) is 0 Å². The number of nitrogens with zero attached hydrogens (tertiary/aromatic N) is 1. The van der Waals surface area contributed by atoms with Gasteiger partial charge in [-0.1, -0.05) is 60.7 Å². The van der Waals surface area contributed by atoms with E-state index in [4.69, 9.17) is 9.47 Å². The van der Waals surface area contributed by atoms with E-state index in [-0.39, 0.29) is 24.6 Å². The zero-order chi connectivity index (χ0) is 31.2. The Hall–Kier alpha value is -5.39. The van der Waals surface area contributed by atoms with Crippen LogP contribution in [0.5, 0.6) is 0 Å². The average molecular weight is 599 g/mol. The lowest BCUT2D eigenvalue weighted by atomic mass is 10.2. The molecule has 0 unspecified atom stereocenters. The molecule has 0 aliphatic heterocycles. The number of hydrogen-bond donors (Lipinski definition) is 1. The summed E-state index contributed by atoms with van der Waals surface area (Å²) in [5.41, 5.74) is 1.14. The number of nitrogens with one attached hydrogen (secondary N) is 1. The molecule has 0 heterocycles. The Balaban J connectivity index is 0.000000242. The molecule has 0 fully saturated rings. The largest absolute Gasteiger partial charge is 0.468 e. The van der Waals surface area contributed by atoms with E-state index in [1.54, 1.807) is 36.4 Å². The third-order valence-electron chi connectivity index (χ3n) is 5.52. The van der Waals surface area contributed by atoms with Crippen LogP contribution in [0.25, 0.3) is 0 Å². The van der Waals surface area contributed by atoms with Crippen molar-refractivity contribution in [3.63, 3.8) is 0 Å². The van der Waals surface area contributed by atoms with E-state index in [0.29, 0.717) is 12.1 Å². The fourth-order valence-electron chi connectivity index (χ4n) is 3.40. The smallest absolute Gasteiger partial charge is 0.415 e. The minimum Gasteiger partial charge on any atom is -0.468 e. The number of hydrogen-bond acceptors (Lipinski definition) is 6. The molecule has 12 heteroatoms. The summed E-state index contributed by atoms with van der Waals surface area (Å²) in [6, 6.07) is 23.4. The fraction of sp³-hybridized carbons (Fsp3) is 0.129. The highest BCUT2D eigenvalue weighted by Crippen LogP contribution is 2.21. The number of rotatable bonds is 8. The maximum Gasteiger partial charge on any atom is 0.415 e. The zero-order valence-corrected chi connectivity index (χ0v) is 22.8. The van der Waals surface area contributed by atoms with E-state index in [9.17, 15) is 31.9 Å². The van der Waals surface area contributed by atoms with E-state index in [2.05, 4.69) is 10.1 Å². The maximum atomic E-state index is 13.9. The van der Waals surface area contributed by atoms with Gasteiger partial charge >= 0.3 is 18.2 Å². The molecule has 0 saturated carbocycles. The lowest BCUT2D eigenvalue weighted by molar-refractivity contribution is -0.138. The second-order valence-electron chi connectivity index (χ2n) is 8.61. The van der Waals surface area contributed by atoms with Crippen LogP contribution in [0, 0.1) is 23.3 Å². The first-order valence-electron chi connectivity index (χ1n) is 12.6. The molecule has 43 heavy (non-hydrogen) atoms. The Morgan fingerprint density at radius 3 is 1.77 bits per heavy atom. The number of amides is 2. The van der Waals surface area contributed by atoms with Crippen molar-refractivity contribution in [1.29, 1.82) is 0 Å². The molecular weight excluding hydrogens is 572 g/mol. The van der Waals surface area contributed by atoms with Gasteiger partial charge in [-0.2, -0.15) is 0 Å². The highest BCUT2D eigenvalue weighted by molar-refractivity contribution is 5.93. The molecule has 4 aromatic rings. The van der Waals surface area contributed by atoms with Gasteiger partial charge in [0.05, 0.1) is 18.5 Å². The predicted octanol–water partition coefficient (Wildman–Crippen LogP) is 6.99. The number of halogens is 4. The number of carbonyl (C=O) groups is 3. The topological polar surface area (TPSA) is 94.2 Å². The molecule has 0 atom stereocenters. The Labute approximate surface area is 244 Å². The third kappa shape index (κ3) is 10.5. The molecule has 4 rings (SSSR count). The van der Waals surface area contributed by atoms with Crippen molar-refractivity contribution in [2.75, 3.05) is 23.9 Å². The highest BCUT2D eigenvalue weighted by atomic mass is 19.1. The van der Waals surface area contributed by atoms with Crippen LogP contribution in [0.2, 0.25) is 0 Å². The molecule has 0 bridgehead atoms. The van der Waals surface area contributed by atoms with Crippen LogP contribution in [0.3, 0.4) is 0 Å². The zero-order valence-electron chi connectivity index (χ0n) is 22.8. The molecule has 0 aromatic heterocycles. The number of methoxy groups -OCH3 is 1. The summed E-state index contributed by atoms with van der Waals surface area (Å²) in [5, 5.41) is 2.20. The standard InChI is InChI=1S/C17H15F2NO4.C14H11F2NO2/c1-23-16(21)10-20(15-8-7-13(18)9-14(15)19)17(22)24-11-12-5-3-2-4-6-12;15-11-6-7-13(12(16)8-11)17-14(18)19-9-10-4-2-1-3-5-10/h2-9H,10-11H2,1H3;1-8H,9H2,(H,17,18). The highest BCUT2D eigenvalue weighted by Gasteiger charge is 2.24. The Morgan fingerprint density at radius 2 is 1.23 bits per heavy atom. The van der Waals surface area contributed by atoms with Crippen molar-refractivity contribution < 1.29 is 46.2 Å². The molecule has 8 nitrogen and oxygen atoms in total. The summed E-state index contributed by atoms with van der Waals surface area (Å²) >= 11 is 0. The first-order chi connectivity index (χ1) is 20.7. The van der Waals surface area contributed by atoms with Gasteiger partial charge in [0.2, 0.25) is 0 Å².